The summed E-state index contributed by atoms with van der Waals surface area (Å²) in [6, 6.07) is 4.86. The zero-order valence-corrected chi connectivity index (χ0v) is 12.2. The molecule has 0 aliphatic carbocycles. The molecule has 1 fully saturated rings. The highest BCUT2D eigenvalue weighted by Crippen LogP contribution is 2.13. The normalized spacial score (nSPS) is 18.1. The van der Waals surface area contributed by atoms with Crippen molar-refractivity contribution in [3.8, 4) is 0 Å². The van der Waals surface area contributed by atoms with Crippen LogP contribution in [0.2, 0.25) is 0 Å². The van der Waals surface area contributed by atoms with Crippen LogP contribution in [-0.2, 0) is 6.54 Å². The van der Waals surface area contributed by atoms with Crippen LogP contribution in [0.15, 0.2) is 24.5 Å². The minimum Gasteiger partial charge on any atom is -0.311 e. The van der Waals surface area contributed by atoms with E-state index < -0.39 is 0 Å². The van der Waals surface area contributed by atoms with E-state index in [4.69, 9.17) is 0 Å². The van der Waals surface area contributed by atoms with Crippen molar-refractivity contribution < 1.29 is 0 Å². The van der Waals surface area contributed by atoms with Crippen LogP contribution >= 0.6 is 0 Å². The van der Waals surface area contributed by atoms with E-state index in [1.807, 2.05) is 18.5 Å². The summed E-state index contributed by atoms with van der Waals surface area (Å²) in [7, 11) is 4.47. The quantitative estimate of drug-likeness (QED) is 0.781. The van der Waals surface area contributed by atoms with Gasteiger partial charge in [-0.2, -0.15) is 0 Å². The molecular weight excluding hydrogens is 236 g/mol. The Bertz CT molecular complexity index is 346. The molecule has 0 atom stereocenters. The highest BCUT2D eigenvalue weighted by atomic mass is 15.2. The Labute approximate surface area is 116 Å². The summed E-state index contributed by atoms with van der Waals surface area (Å²) in [6.07, 6.45) is 6.34. The molecular formula is C15H26N4. The number of pyridine rings is 1. The summed E-state index contributed by atoms with van der Waals surface area (Å²) in [4.78, 5) is 9.05. The molecule has 0 unspecified atom stereocenters. The molecule has 106 valence electrons. The fourth-order valence-electron chi connectivity index (χ4n) is 2.61. The van der Waals surface area contributed by atoms with Gasteiger partial charge in [0.05, 0.1) is 0 Å². The molecule has 1 saturated heterocycles. The van der Waals surface area contributed by atoms with Crippen molar-refractivity contribution >= 4 is 0 Å². The molecule has 0 bridgehead atoms. The SMILES string of the molecule is CN1CCC(N(C)CCNCc2cccnc2)CC1. The first-order valence-corrected chi connectivity index (χ1v) is 7.24. The largest absolute Gasteiger partial charge is 0.311 e. The summed E-state index contributed by atoms with van der Waals surface area (Å²) in [5, 5.41) is 3.49. The van der Waals surface area contributed by atoms with E-state index in [1.54, 1.807) is 0 Å². The van der Waals surface area contributed by atoms with Gasteiger partial charge in [0.1, 0.15) is 0 Å². The highest BCUT2D eigenvalue weighted by Gasteiger charge is 2.19. The van der Waals surface area contributed by atoms with Crippen LogP contribution in [0.3, 0.4) is 0 Å². The minimum atomic E-state index is 0.761. The molecule has 0 saturated carbocycles. The number of hydrogen-bond donors (Lipinski definition) is 1. The lowest BCUT2D eigenvalue weighted by Crippen LogP contribution is -2.43. The molecule has 19 heavy (non-hydrogen) atoms. The van der Waals surface area contributed by atoms with Crippen molar-refractivity contribution in [1.82, 2.24) is 20.1 Å². The van der Waals surface area contributed by atoms with Crippen molar-refractivity contribution in [2.75, 3.05) is 40.3 Å². The van der Waals surface area contributed by atoms with Gasteiger partial charge >= 0.3 is 0 Å². The predicted molar refractivity (Wildman–Crippen MR) is 79.1 cm³/mol. The summed E-state index contributed by atoms with van der Waals surface area (Å²) in [5.41, 5.74) is 1.25. The van der Waals surface area contributed by atoms with Gasteiger partial charge in [0, 0.05) is 38.1 Å². The summed E-state index contributed by atoms with van der Waals surface area (Å²) >= 11 is 0. The number of nitrogens with one attached hydrogen (secondary N) is 1. The number of aromatic nitrogens is 1. The Morgan fingerprint density at radius 3 is 2.89 bits per heavy atom. The van der Waals surface area contributed by atoms with Gasteiger partial charge in [-0.05, 0) is 51.7 Å². The second kappa shape index (κ2) is 7.58. The maximum absolute atomic E-state index is 4.12. The molecule has 0 radical (unpaired) electrons. The van der Waals surface area contributed by atoms with Gasteiger partial charge in [0.15, 0.2) is 0 Å². The number of rotatable bonds is 6. The van der Waals surface area contributed by atoms with E-state index in [9.17, 15) is 0 Å². The molecule has 4 heteroatoms. The smallest absolute Gasteiger partial charge is 0.0312 e. The zero-order chi connectivity index (χ0) is 13.5. The van der Waals surface area contributed by atoms with Gasteiger partial charge in [0.25, 0.3) is 0 Å². The number of likely N-dealkylation sites (tertiary alicyclic amines) is 1. The molecule has 4 nitrogen and oxygen atoms in total. The second-order valence-electron chi connectivity index (χ2n) is 5.55. The van der Waals surface area contributed by atoms with Gasteiger partial charge in [0.2, 0.25) is 0 Å². The lowest BCUT2D eigenvalue weighted by Gasteiger charge is -2.35. The first kappa shape index (κ1) is 14.4. The molecule has 0 amide bonds. The molecule has 1 aromatic heterocycles. The molecule has 2 heterocycles. The van der Waals surface area contributed by atoms with Crippen LogP contribution in [0.1, 0.15) is 18.4 Å². The molecule has 2 rings (SSSR count). The molecule has 0 aromatic carbocycles. The van der Waals surface area contributed by atoms with E-state index in [0.717, 1.165) is 25.7 Å². The van der Waals surface area contributed by atoms with Crippen molar-refractivity contribution in [1.29, 1.82) is 0 Å². The Balaban J connectivity index is 1.60. The predicted octanol–water partition coefficient (Wildman–Crippen LogP) is 1.20. The fourth-order valence-corrected chi connectivity index (χ4v) is 2.61. The van der Waals surface area contributed by atoms with Crippen LogP contribution in [0.4, 0.5) is 0 Å². The standard InChI is InChI=1S/C15H26N4/c1-18-9-5-15(6-10-18)19(2)11-8-17-13-14-4-3-7-16-12-14/h3-4,7,12,15,17H,5-6,8-11,13H2,1-2H3. The third-order valence-electron chi connectivity index (χ3n) is 4.00. The van der Waals surface area contributed by atoms with Gasteiger partial charge < -0.3 is 15.1 Å². The maximum Gasteiger partial charge on any atom is 0.0312 e. The van der Waals surface area contributed by atoms with E-state index in [1.165, 1.54) is 31.5 Å². The van der Waals surface area contributed by atoms with Gasteiger partial charge in [-0.25, -0.2) is 0 Å². The van der Waals surface area contributed by atoms with Crippen LogP contribution in [0, 0.1) is 0 Å². The fraction of sp³-hybridized carbons (Fsp3) is 0.667. The van der Waals surface area contributed by atoms with E-state index in [0.29, 0.717) is 0 Å². The van der Waals surface area contributed by atoms with Crippen LogP contribution < -0.4 is 5.32 Å². The summed E-state index contributed by atoms with van der Waals surface area (Å²) in [6.45, 7) is 5.54. The van der Waals surface area contributed by atoms with Crippen molar-refractivity contribution in [2.24, 2.45) is 0 Å². The minimum absolute atomic E-state index is 0.761. The average molecular weight is 262 g/mol. The van der Waals surface area contributed by atoms with Gasteiger partial charge in [-0.3, -0.25) is 4.98 Å². The number of hydrogen-bond acceptors (Lipinski definition) is 4. The van der Waals surface area contributed by atoms with Crippen molar-refractivity contribution in [2.45, 2.75) is 25.4 Å². The van der Waals surface area contributed by atoms with Gasteiger partial charge in [-0.1, -0.05) is 6.07 Å². The molecule has 1 aliphatic heterocycles. The number of nitrogens with zero attached hydrogens (tertiary/aromatic N) is 3. The summed E-state index contributed by atoms with van der Waals surface area (Å²) < 4.78 is 0. The maximum atomic E-state index is 4.12. The Hall–Kier alpha value is -0.970. The monoisotopic (exact) mass is 262 g/mol. The first-order valence-electron chi connectivity index (χ1n) is 7.24. The lowest BCUT2D eigenvalue weighted by atomic mass is 10.0. The lowest BCUT2D eigenvalue weighted by molar-refractivity contribution is 0.145. The Morgan fingerprint density at radius 2 is 2.21 bits per heavy atom. The average Bonchev–Trinajstić information content (AvgIpc) is 2.45. The van der Waals surface area contributed by atoms with Gasteiger partial charge in [-0.15, -0.1) is 0 Å². The molecule has 1 N–H and O–H groups in total. The Morgan fingerprint density at radius 1 is 1.42 bits per heavy atom. The van der Waals surface area contributed by atoms with E-state index >= 15 is 0 Å². The number of likely N-dealkylation sites (N-methyl/N-ethyl adjacent to an activating group) is 1. The third-order valence-corrected chi connectivity index (χ3v) is 4.00. The first-order chi connectivity index (χ1) is 9.25. The Kier molecular flexibility index (Phi) is 5.76. The van der Waals surface area contributed by atoms with Crippen LogP contribution in [0.5, 0.6) is 0 Å². The van der Waals surface area contributed by atoms with E-state index in [2.05, 4.69) is 40.3 Å². The molecule has 1 aromatic rings. The molecule has 1 aliphatic rings. The third kappa shape index (κ3) is 4.90. The number of piperidine rings is 1. The van der Waals surface area contributed by atoms with Crippen LogP contribution in [0.25, 0.3) is 0 Å². The topological polar surface area (TPSA) is 31.4 Å². The zero-order valence-electron chi connectivity index (χ0n) is 12.2. The molecule has 0 spiro atoms. The highest BCUT2D eigenvalue weighted by molar-refractivity contribution is 5.07. The second-order valence-corrected chi connectivity index (χ2v) is 5.55. The van der Waals surface area contributed by atoms with Crippen LogP contribution in [-0.4, -0.2) is 61.1 Å². The van der Waals surface area contributed by atoms with Crippen molar-refractivity contribution in [3.05, 3.63) is 30.1 Å². The van der Waals surface area contributed by atoms with E-state index in [-0.39, 0.29) is 0 Å². The summed E-state index contributed by atoms with van der Waals surface area (Å²) in [5.74, 6) is 0. The van der Waals surface area contributed by atoms with Crippen molar-refractivity contribution in [3.63, 3.8) is 0 Å².